The molecule has 18 heavy (non-hydrogen) atoms. The average molecular weight is 243 g/mol. The molecule has 1 rings (SSSR count). The summed E-state index contributed by atoms with van der Waals surface area (Å²) in [7, 11) is 0. The lowest BCUT2D eigenvalue weighted by Crippen LogP contribution is -2.25. The van der Waals surface area contributed by atoms with E-state index < -0.39 is 0 Å². The van der Waals surface area contributed by atoms with Gasteiger partial charge in [-0.25, -0.2) is 0 Å². The highest BCUT2D eigenvalue weighted by Crippen LogP contribution is 2.08. The third-order valence-corrected chi connectivity index (χ3v) is 3.12. The molecule has 1 heteroatoms. The van der Waals surface area contributed by atoms with E-state index in [1.54, 1.807) is 0 Å². The number of rotatable bonds is 5. The van der Waals surface area contributed by atoms with E-state index in [2.05, 4.69) is 62.6 Å². The molecule has 0 saturated heterocycles. The fourth-order valence-electron chi connectivity index (χ4n) is 1.97. The number of nitrogens with zero attached hydrogens (tertiary/aromatic N) is 1. The highest BCUT2D eigenvalue weighted by molar-refractivity contribution is 5.40. The Balaban J connectivity index is 2.60. The van der Waals surface area contributed by atoms with Gasteiger partial charge in [0.2, 0.25) is 0 Å². The lowest BCUT2D eigenvalue weighted by Gasteiger charge is -2.17. The fraction of sp³-hybridized carbons (Fsp3) is 0.529. The summed E-state index contributed by atoms with van der Waals surface area (Å²) in [5.41, 5.74) is 3.78. The van der Waals surface area contributed by atoms with E-state index in [9.17, 15) is 0 Å². The molecule has 98 valence electrons. The van der Waals surface area contributed by atoms with Crippen molar-refractivity contribution in [2.45, 2.75) is 40.5 Å². The Hall–Kier alpha value is -1.26. The predicted octanol–water partition coefficient (Wildman–Crippen LogP) is 3.78. The summed E-state index contributed by atoms with van der Waals surface area (Å²) in [4.78, 5) is 2.42. The van der Waals surface area contributed by atoms with Gasteiger partial charge in [-0.3, -0.25) is 4.90 Å². The highest BCUT2D eigenvalue weighted by atomic mass is 15.1. The van der Waals surface area contributed by atoms with Gasteiger partial charge in [-0.15, -0.1) is 0 Å². The van der Waals surface area contributed by atoms with Gasteiger partial charge >= 0.3 is 0 Å². The minimum atomic E-state index is 0.884. The molecular formula is C17H25N. The molecule has 0 aliphatic carbocycles. The first kappa shape index (κ1) is 14.8. The molecule has 0 atom stereocenters. The van der Waals surface area contributed by atoms with E-state index in [1.165, 1.54) is 24.0 Å². The molecule has 0 N–H and O–H groups in total. The zero-order valence-electron chi connectivity index (χ0n) is 12.2. The summed E-state index contributed by atoms with van der Waals surface area (Å²) in [6, 6.07) is 6.43. The van der Waals surface area contributed by atoms with Crippen LogP contribution in [0.2, 0.25) is 0 Å². The van der Waals surface area contributed by atoms with Crippen LogP contribution in [0.5, 0.6) is 0 Å². The molecule has 1 nitrogen and oxygen atoms in total. The van der Waals surface area contributed by atoms with Crippen LogP contribution in [0, 0.1) is 25.7 Å². The first-order valence-electron chi connectivity index (χ1n) is 6.95. The minimum Gasteiger partial charge on any atom is -0.292 e. The van der Waals surface area contributed by atoms with Gasteiger partial charge in [0.1, 0.15) is 0 Å². The Morgan fingerprint density at radius 3 is 2.22 bits per heavy atom. The molecule has 0 bridgehead atoms. The second-order valence-corrected chi connectivity index (χ2v) is 4.88. The van der Waals surface area contributed by atoms with Crippen LogP contribution in [0.4, 0.5) is 0 Å². The van der Waals surface area contributed by atoms with E-state index in [-0.39, 0.29) is 0 Å². The predicted molar refractivity (Wildman–Crippen MR) is 79.8 cm³/mol. The number of hydrogen-bond donors (Lipinski definition) is 0. The second kappa shape index (κ2) is 7.95. The molecule has 1 aromatic rings. The first-order valence-corrected chi connectivity index (χ1v) is 6.95. The van der Waals surface area contributed by atoms with Crippen LogP contribution in [-0.2, 0) is 0 Å². The molecule has 0 unspecified atom stereocenters. The molecule has 1 aromatic carbocycles. The van der Waals surface area contributed by atoms with Gasteiger partial charge in [0.05, 0.1) is 6.54 Å². The summed E-state index contributed by atoms with van der Waals surface area (Å²) in [5.74, 6) is 6.56. The zero-order valence-corrected chi connectivity index (χ0v) is 12.2. The monoisotopic (exact) mass is 243 g/mol. The Kier molecular flexibility index (Phi) is 6.54. The van der Waals surface area contributed by atoms with Gasteiger partial charge in [-0.2, -0.15) is 0 Å². The van der Waals surface area contributed by atoms with Crippen LogP contribution < -0.4 is 0 Å². The highest BCUT2D eigenvalue weighted by Gasteiger charge is 1.99. The maximum Gasteiger partial charge on any atom is 0.0605 e. The zero-order chi connectivity index (χ0) is 13.4. The Morgan fingerprint density at radius 1 is 1.00 bits per heavy atom. The fourth-order valence-corrected chi connectivity index (χ4v) is 1.97. The van der Waals surface area contributed by atoms with Crippen LogP contribution in [0.3, 0.4) is 0 Å². The summed E-state index contributed by atoms with van der Waals surface area (Å²) in [5, 5.41) is 0. The first-order chi connectivity index (χ1) is 8.67. The van der Waals surface area contributed by atoms with E-state index in [0.717, 1.165) is 25.2 Å². The topological polar surface area (TPSA) is 3.24 Å². The molecule has 0 aliphatic rings. The van der Waals surface area contributed by atoms with Crippen molar-refractivity contribution in [1.82, 2.24) is 4.90 Å². The molecule has 0 aliphatic heterocycles. The summed E-state index contributed by atoms with van der Waals surface area (Å²) in [6.07, 6.45) is 2.40. The van der Waals surface area contributed by atoms with Crippen LogP contribution in [0.1, 0.15) is 43.4 Å². The van der Waals surface area contributed by atoms with Gasteiger partial charge < -0.3 is 0 Å². The van der Waals surface area contributed by atoms with E-state index >= 15 is 0 Å². The van der Waals surface area contributed by atoms with Crippen molar-refractivity contribution in [3.63, 3.8) is 0 Å². The number of aryl methyl sites for hydroxylation is 2. The molecular weight excluding hydrogens is 218 g/mol. The minimum absolute atomic E-state index is 0.884. The van der Waals surface area contributed by atoms with E-state index in [0.29, 0.717) is 0 Å². The smallest absolute Gasteiger partial charge is 0.0605 e. The van der Waals surface area contributed by atoms with Gasteiger partial charge in [-0.1, -0.05) is 31.8 Å². The van der Waals surface area contributed by atoms with Crippen LogP contribution in [0.25, 0.3) is 0 Å². The Labute approximate surface area is 112 Å². The molecule has 0 aromatic heterocycles. The van der Waals surface area contributed by atoms with Gasteiger partial charge in [0, 0.05) is 5.56 Å². The SMILES string of the molecule is CCCN(CC#Cc1ccc(C)c(C)c1)CCC. The molecule has 0 amide bonds. The standard InChI is InChI=1S/C17H25N/c1-5-11-18(12-6-2)13-7-8-17-10-9-15(3)16(4)14-17/h9-10,14H,5-6,11-13H2,1-4H3. The number of benzene rings is 1. The van der Waals surface area contributed by atoms with Gasteiger partial charge in [0.25, 0.3) is 0 Å². The van der Waals surface area contributed by atoms with Crippen LogP contribution >= 0.6 is 0 Å². The molecule has 0 spiro atoms. The second-order valence-electron chi connectivity index (χ2n) is 4.88. The van der Waals surface area contributed by atoms with Crippen LogP contribution in [0.15, 0.2) is 18.2 Å². The average Bonchev–Trinajstić information content (AvgIpc) is 2.34. The van der Waals surface area contributed by atoms with Crippen molar-refractivity contribution < 1.29 is 0 Å². The van der Waals surface area contributed by atoms with Crippen molar-refractivity contribution in [3.8, 4) is 11.8 Å². The third-order valence-electron chi connectivity index (χ3n) is 3.12. The maximum atomic E-state index is 3.29. The van der Waals surface area contributed by atoms with E-state index in [1.807, 2.05) is 0 Å². The Morgan fingerprint density at radius 2 is 1.67 bits per heavy atom. The van der Waals surface area contributed by atoms with Crippen LogP contribution in [-0.4, -0.2) is 24.5 Å². The normalized spacial score (nSPS) is 10.3. The van der Waals surface area contributed by atoms with Crippen molar-refractivity contribution >= 4 is 0 Å². The van der Waals surface area contributed by atoms with Gasteiger partial charge in [0.15, 0.2) is 0 Å². The lowest BCUT2D eigenvalue weighted by atomic mass is 10.1. The molecule has 0 radical (unpaired) electrons. The summed E-state index contributed by atoms with van der Waals surface area (Å²) >= 11 is 0. The summed E-state index contributed by atoms with van der Waals surface area (Å²) < 4.78 is 0. The van der Waals surface area contributed by atoms with E-state index in [4.69, 9.17) is 0 Å². The maximum absolute atomic E-state index is 3.29. The molecule has 0 fully saturated rings. The van der Waals surface area contributed by atoms with Gasteiger partial charge in [-0.05, 0) is 63.0 Å². The largest absolute Gasteiger partial charge is 0.292 e. The third kappa shape index (κ3) is 4.94. The molecule has 0 saturated carbocycles. The quantitative estimate of drug-likeness (QED) is 0.711. The van der Waals surface area contributed by atoms with Crippen molar-refractivity contribution in [2.75, 3.05) is 19.6 Å². The Bertz CT molecular complexity index is 417. The lowest BCUT2D eigenvalue weighted by molar-refractivity contribution is 0.308. The molecule has 0 heterocycles. The van der Waals surface area contributed by atoms with Crippen molar-refractivity contribution in [3.05, 3.63) is 34.9 Å². The van der Waals surface area contributed by atoms with Crippen molar-refractivity contribution in [1.29, 1.82) is 0 Å². The number of hydrogen-bond acceptors (Lipinski definition) is 1. The van der Waals surface area contributed by atoms with Crippen molar-refractivity contribution in [2.24, 2.45) is 0 Å². The summed E-state index contributed by atoms with van der Waals surface area (Å²) in [6.45, 7) is 11.9.